The highest BCUT2D eigenvalue weighted by atomic mass is 19.1. The second-order valence-corrected chi connectivity index (χ2v) is 15.0. The van der Waals surface area contributed by atoms with Gasteiger partial charge in [0.1, 0.15) is 12.4 Å². The fourth-order valence-electron chi connectivity index (χ4n) is 7.67. The number of aromatic nitrogens is 1. The summed E-state index contributed by atoms with van der Waals surface area (Å²) in [6.07, 6.45) is 1.17. The number of halogens is 1. The van der Waals surface area contributed by atoms with Gasteiger partial charge in [-0.15, -0.1) is 0 Å². The minimum atomic E-state index is -0.615. The molecule has 6 amide bonds. The molecule has 2 aliphatic rings. The number of H-pyrrole nitrogens is 1. The van der Waals surface area contributed by atoms with Gasteiger partial charge in [0.15, 0.2) is 0 Å². The van der Waals surface area contributed by atoms with E-state index >= 15 is 0 Å². The summed E-state index contributed by atoms with van der Waals surface area (Å²) in [6.45, 7) is 7.22. The van der Waals surface area contributed by atoms with E-state index in [1.54, 1.807) is 58.2 Å². The van der Waals surface area contributed by atoms with Gasteiger partial charge in [-0.2, -0.15) is 0 Å². The van der Waals surface area contributed by atoms with Crippen molar-refractivity contribution < 1.29 is 47.4 Å². The molecule has 6 N–H and O–H groups in total. The van der Waals surface area contributed by atoms with E-state index < -0.39 is 17.8 Å². The lowest BCUT2D eigenvalue weighted by Crippen LogP contribution is -2.39. The number of aromatic amines is 1. The van der Waals surface area contributed by atoms with Gasteiger partial charge in [-0.05, 0) is 97.1 Å². The molecule has 0 spiro atoms. The third kappa shape index (κ3) is 10.6. The van der Waals surface area contributed by atoms with Gasteiger partial charge in [0.2, 0.25) is 5.91 Å². The predicted molar refractivity (Wildman–Crippen MR) is 234 cm³/mol. The van der Waals surface area contributed by atoms with Crippen molar-refractivity contribution in [3.8, 4) is 11.1 Å². The highest BCUT2D eigenvalue weighted by Crippen LogP contribution is 2.46. The zero-order valence-corrected chi connectivity index (χ0v) is 35.9. The van der Waals surface area contributed by atoms with E-state index in [9.17, 15) is 33.2 Å². The normalized spacial score (nSPS) is 14.0. The molecule has 332 valence electrons. The monoisotopic (exact) mass is 865 g/mol. The number of rotatable bonds is 19. The van der Waals surface area contributed by atoms with E-state index in [0.717, 1.165) is 22.3 Å². The number of benzene rings is 3. The van der Waals surface area contributed by atoms with Crippen molar-refractivity contribution in [1.82, 2.24) is 31.2 Å². The minimum Gasteiger partial charge on any atom is -0.448 e. The fourth-order valence-corrected chi connectivity index (χ4v) is 7.67. The molecule has 3 aromatic carbocycles. The smallest absolute Gasteiger partial charge is 0.409 e. The zero-order valence-electron chi connectivity index (χ0n) is 35.9. The molecular weight excluding hydrogens is 814 g/mol. The highest BCUT2D eigenvalue weighted by molar-refractivity contribution is 6.35. The molecule has 0 radical (unpaired) electrons. The third-order valence-corrected chi connectivity index (χ3v) is 11.0. The molecule has 1 aliphatic heterocycles. The van der Waals surface area contributed by atoms with Crippen molar-refractivity contribution in [1.29, 1.82) is 0 Å². The zero-order chi connectivity index (χ0) is 45.2. The van der Waals surface area contributed by atoms with E-state index in [1.807, 2.05) is 12.1 Å². The van der Waals surface area contributed by atoms with Crippen LogP contribution in [0.15, 0.2) is 54.6 Å². The lowest BCUT2D eigenvalue weighted by Gasteiger charge is -2.22. The maximum absolute atomic E-state index is 14.0. The summed E-state index contributed by atoms with van der Waals surface area (Å²) in [6, 6.07) is 14.7. The first-order chi connectivity index (χ1) is 30.3. The second kappa shape index (κ2) is 20.8. The Bertz CT molecular complexity index is 2450. The van der Waals surface area contributed by atoms with Crippen molar-refractivity contribution in [3.05, 3.63) is 111 Å². The molecule has 1 atom stereocenters. The number of carbonyl (C=O) groups excluding carboxylic acids is 6. The Kier molecular flexibility index (Phi) is 15.1. The molecule has 0 fully saturated rings. The topological polar surface area (TPSA) is 209 Å². The molecule has 63 heavy (non-hydrogen) atoms. The Morgan fingerprint density at radius 1 is 0.825 bits per heavy atom. The standard InChI is InChI=1S/C46H52FN7O9/c1-6-54(17-16-51-45(59)41-26(2)39(52-27(41)3)24-36-35-23-30(47)9-12-38(35)53-44(36)58)46(60)63-25-37-33-21-28(42(56)48-4)7-10-31(33)32-11-8-29(22-34(32)37)43(57)50-15-14-49-40(55)13-18-62-20-19-61-5/h7-12,21-24,37,52H,6,13-20,25H2,1-5H3,(H,48,56)(H,49,55)(H,50,57)(H,51,59)(H,53,58)/b36-24-. The lowest BCUT2D eigenvalue weighted by molar-refractivity contribution is -0.122. The molecule has 17 heteroatoms. The first-order valence-electron chi connectivity index (χ1n) is 20.7. The molecule has 16 nitrogen and oxygen atoms in total. The highest BCUT2D eigenvalue weighted by Gasteiger charge is 2.32. The molecular formula is C46H52FN7O9. The van der Waals surface area contributed by atoms with Gasteiger partial charge in [0.25, 0.3) is 23.6 Å². The van der Waals surface area contributed by atoms with Gasteiger partial charge in [0.05, 0.1) is 31.0 Å². The number of anilines is 1. The predicted octanol–water partition coefficient (Wildman–Crippen LogP) is 4.52. The van der Waals surface area contributed by atoms with Crippen LogP contribution >= 0.6 is 0 Å². The average Bonchev–Trinajstić information content (AvgIpc) is 3.87. The van der Waals surface area contributed by atoms with Gasteiger partial charge in [-0.1, -0.05) is 12.1 Å². The van der Waals surface area contributed by atoms with Crippen LogP contribution < -0.4 is 26.6 Å². The molecule has 1 aliphatic carbocycles. The van der Waals surface area contributed by atoms with Gasteiger partial charge in [-0.25, -0.2) is 9.18 Å². The molecule has 2 heterocycles. The van der Waals surface area contributed by atoms with Crippen LogP contribution in [0.1, 0.15) is 84.0 Å². The third-order valence-electron chi connectivity index (χ3n) is 11.0. The van der Waals surface area contributed by atoms with Gasteiger partial charge >= 0.3 is 6.09 Å². The van der Waals surface area contributed by atoms with Crippen LogP contribution in [0.2, 0.25) is 0 Å². The number of hydrogen-bond acceptors (Lipinski definition) is 9. The number of nitrogens with zero attached hydrogens (tertiary/aromatic N) is 1. The number of amides is 6. The maximum atomic E-state index is 14.0. The number of methoxy groups -OCH3 is 1. The summed E-state index contributed by atoms with van der Waals surface area (Å²) in [5.41, 5.74) is 7.26. The van der Waals surface area contributed by atoms with Crippen molar-refractivity contribution in [2.75, 3.05) is 78.6 Å². The van der Waals surface area contributed by atoms with Gasteiger partial charge in [0, 0.05) is 93.0 Å². The van der Waals surface area contributed by atoms with Gasteiger partial charge < -0.3 is 50.7 Å². The number of fused-ring (bicyclic) bond motifs is 4. The molecule has 0 bridgehead atoms. The molecule has 1 unspecified atom stereocenters. The number of likely N-dealkylation sites (N-methyl/N-ethyl adjacent to an activating group) is 1. The van der Waals surface area contributed by atoms with Gasteiger partial charge in [-0.3, -0.25) is 24.0 Å². The average molecular weight is 866 g/mol. The van der Waals surface area contributed by atoms with Crippen molar-refractivity contribution >= 4 is 53.0 Å². The molecule has 1 aromatic heterocycles. The van der Waals surface area contributed by atoms with E-state index in [4.69, 9.17) is 14.2 Å². The van der Waals surface area contributed by atoms with Crippen molar-refractivity contribution in [2.45, 2.75) is 33.1 Å². The van der Waals surface area contributed by atoms with Crippen LogP contribution in [0.4, 0.5) is 14.9 Å². The van der Waals surface area contributed by atoms with E-state index in [-0.39, 0.29) is 87.5 Å². The Labute approximate surface area is 364 Å². The molecule has 0 saturated heterocycles. The van der Waals surface area contributed by atoms with E-state index in [1.165, 1.54) is 30.1 Å². The SMILES string of the molecule is CCN(CCNC(=O)c1c(C)[nH]c(/C=C2\C(=O)Nc3ccc(F)cc32)c1C)C(=O)OCC1c2cc(C(=O)NC)ccc2-c2ccc(C(=O)NCCNC(=O)CCOCCOC)cc21. The first kappa shape index (κ1) is 45.7. The number of hydrogen-bond donors (Lipinski definition) is 6. The summed E-state index contributed by atoms with van der Waals surface area (Å²) in [5, 5.41) is 13.8. The largest absolute Gasteiger partial charge is 0.448 e. The Hall–Kier alpha value is -6.85. The quantitative estimate of drug-likeness (QED) is 0.0578. The number of aryl methyl sites for hydroxylation is 1. The van der Waals surface area contributed by atoms with Crippen LogP contribution in [0.5, 0.6) is 0 Å². The summed E-state index contributed by atoms with van der Waals surface area (Å²) in [4.78, 5) is 82.4. The second-order valence-electron chi connectivity index (χ2n) is 15.0. The number of ether oxygens (including phenoxy) is 3. The summed E-state index contributed by atoms with van der Waals surface area (Å²) in [7, 11) is 3.11. The van der Waals surface area contributed by atoms with Crippen LogP contribution in [-0.2, 0) is 23.8 Å². The fraction of sp³-hybridized carbons (Fsp3) is 0.348. The Morgan fingerprint density at radius 3 is 2.19 bits per heavy atom. The molecule has 0 saturated carbocycles. The van der Waals surface area contributed by atoms with Crippen molar-refractivity contribution in [3.63, 3.8) is 0 Å². The Morgan fingerprint density at radius 2 is 1.51 bits per heavy atom. The summed E-state index contributed by atoms with van der Waals surface area (Å²) >= 11 is 0. The summed E-state index contributed by atoms with van der Waals surface area (Å²) in [5.74, 6) is -2.58. The Balaban J connectivity index is 1.07. The van der Waals surface area contributed by atoms with Crippen LogP contribution in [-0.4, -0.2) is 119 Å². The maximum Gasteiger partial charge on any atom is 0.409 e. The van der Waals surface area contributed by atoms with Crippen LogP contribution in [0.25, 0.3) is 22.8 Å². The summed E-state index contributed by atoms with van der Waals surface area (Å²) < 4.78 is 30.2. The van der Waals surface area contributed by atoms with Crippen molar-refractivity contribution in [2.24, 2.45) is 0 Å². The molecule has 4 aromatic rings. The first-order valence-corrected chi connectivity index (χ1v) is 20.7. The van der Waals surface area contributed by atoms with Crippen LogP contribution in [0.3, 0.4) is 0 Å². The van der Waals surface area contributed by atoms with E-state index in [0.29, 0.717) is 58.1 Å². The number of carbonyl (C=O) groups is 6. The molecule has 6 rings (SSSR count). The minimum absolute atomic E-state index is 0.0969. The van der Waals surface area contributed by atoms with E-state index in [2.05, 4.69) is 31.6 Å². The number of nitrogens with one attached hydrogen (secondary N) is 6. The lowest BCUT2D eigenvalue weighted by atomic mass is 9.95. The van der Waals surface area contributed by atoms with Crippen LogP contribution in [0, 0.1) is 19.7 Å².